The molecule has 2 aromatic rings. The van der Waals surface area contributed by atoms with Crippen molar-refractivity contribution in [3.8, 4) is 0 Å². The first-order chi connectivity index (χ1) is 12.3. The summed E-state index contributed by atoms with van der Waals surface area (Å²) >= 11 is 1.55. The summed E-state index contributed by atoms with van der Waals surface area (Å²) < 4.78 is 27.4. The Morgan fingerprint density at radius 1 is 1.35 bits per heavy atom. The molecule has 26 heavy (non-hydrogen) atoms. The maximum Gasteiger partial charge on any atom is 0.235 e. The van der Waals surface area contributed by atoms with E-state index in [-0.39, 0.29) is 28.7 Å². The number of fused-ring (bicyclic) bond motifs is 1. The van der Waals surface area contributed by atoms with E-state index in [1.165, 1.54) is 0 Å². The van der Waals surface area contributed by atoms with Crippen molar-refractivity contribution >= 4 is 33.3 Å². The number of anilines is 1. The Morgan fingerprint density at radius 2 is 2.12 bits per heavy atom. The van der Waals surface area contributed by atoms with E-state index >= 15 is 0 Å². The van der Waals surface area contributed by atoms with Crippen LogP contribution in [0.3, 0.4) is 0 Å². The molecule has 8 nitrogen and oxygen atoms in total. The quantitative estimate of drug-likeness (QED) is 0.825. The topological polar surface area (TPSA) is 98.9 Å². The largest absolute Gasteiger partial charge is 0.310 e. The summed E-state index contributed by atoms with van der Waals surface area (Å²) in [7, 11) is -1.15. The van der Waals surface area contributed by atoms with Crippen molar-refractivity contribution in [2.24, 2.45) is 7.05 Å². The molecule has 0 spiro atoms. The van der Waals surface area contributed by atoms with Crippen molar-refractivity contribution in [2.45, 2.75) is 31.6 Å². The predicted molar refractivity (Wildman–Crippen MR) is 100 cm³/mol. The number of carbonyl (C=O) groups is 1. The van der Waals surface area contributed by atoms with Gasteiger partial charge in [0.05, 0.1) is 40.4 Å². The van der Waals surface area contributed by atoms with Gasteiger partial charge in [-0.1, -0.05) is 0 Å². The highest BCUT2D eigenvalue weighted by Crippen LogP contribution is 2.45. The Morgan fingerprint density at radius 3 is 2.73 bits per heavy atom. The second-order valence-electron chi connectivity index (χ2n) is 6.90. The summed E-state index contributed by atoms with van der Waals surface area (Å²) in [5.74, 6) is 1.10. The van der Waals surface area contributed by atoms with Crippen LogP contribution in [-0.4, -0.2) is 51.1 Å². The van der Waals surface area contributed by atoms with Crippen LogP contribution in [0.5, 0.6) is 0 Å². The fourth-order valence-electron chi connectivity index (χ4n) is 3.66. The van der Waals surface area contributed by atoms with Crippen molar-refractivity contribution in [3.63, 3.8) is 0 Å². The third-order valence-corrected chi connectivity index (χ3v) is 8.14. The van der Waals surface area contributed by atoms with Gasteiger partial charge in [-0.3, -0.25) is 9.48 Å². The molecule has 0 radical (unpaired) electrons. The number of amides is 1. The average Bonchev–Trinajstić information content (AvgIpc) is 3.15. The van der Waals surface area contributed by atoms with Crippen molar-refractivity contribution < 1.29 is 13.2 Å². The van der Waals surface area contributed by atoms with Gasteiger partial charge < -0.3 is 5.32 Å². The SMILES string of the molecule is Cc1nn(C2CCS(=O)(=O)C2)c2c1C(c1cnn(C)c1C)SCC(=O)N2. The summed E-state index contributed by atoms with van der Waals surface area (Å²) in [5, 5.41) is 11.9. The number of nitrogens with one attached hydrogen (secondary N) is 1. The van der Waals surface area contributed by atoms with Crippen LogP contribution < -0.4 is 5.32 Å². The predicted octanol–water partition coefficient (Wildman–Crippen LogP) is 1.37. The molecule has 2 aliphatic heterocycles. The Balaban J connectivity index is 1.84. The van der Waals surface area contributed by atoms with E-state index < -0.39 is 9.84 Å². The molecule has 1 N–H and O–H groups in total. The zero-order chi connectivity index (χ0) is 18.6. The minimum Gasteiger partial charge on any atom is -0.310 e. The van der Waals surface area contributed by atoms with Gasteiger partial charge in [0.15, 0.2) is 9.84 Å². The van der Waals surface area contributed by atoms with Gasteiger partial charge in [0.2, 0.25) is 5.91 Å². The zero-order valence-electron chi connectivity index (χ0n) is 14.9. The standard InChI is InChI=1S/C16H21N5O3S2/c1-9-14-15(12-6-17-20(3)10(12)2)25-7-13(22)18-16(14)21(19-9)11-4-5-26(23,24)8-11/h6,11,15H,4-5,7-8H2,1-3H3,(H,18,22). The molecule has 2 unspecified atom stereocenters. The van der Waals surface area contributed by atoms with Crippen LogP contribution in [-0.2, 0) is 21.7 Å². The van der Waals surface area contributed by atoms with E-state index in [0.717, 1.165) is 22.5 Å². The van der Waals surface area contributed by atoms with E-state index in [0.29, 0.717) is 18.0 Å². The van der Waals surface area contributed by atoms with Crippen LogP contribution in [0, 0.1) is 13.8 Å². The van der Waals surface area contributed by atoms with E-state index in [1.54, 1.807) is 16.4 Å². The fraction of sp³-hybridized carbons (Fsp3) is 0.562. The fourth-order valence-corrected chi connectivity index (χ4v) is 6.60. The Bertz CT molecular complexity index is 992. The van der Waals surface area contributed by atoms with E-state index in [2.05, 4.69) is 15.5 Å². The minimum atomic E-state index is -3.04. The van der Waals surface area contributed by atoms with Gasteiger partial charge in [-0.25, -0.2) is 13.1 Å². The van der Waals surface area contributed by atoms with Crippen molar-refractivity contribution in [1.29, 1.82) is 0 Å². The van der Waals surface area contributed by atoms with Gasteiger partial charge in [0, 0.05) is 23.9 Å². The van der Waals surface area contributed by atoms with Crippen LogP contribution in [0.4, 0.5) is 5.82 Å². The second-order valence-corrected chi connectivity index (χ2v) is 10.2. The van der Waals surface area contributed by atoms with Crippen LogP contribution in [0.25, 0.3) is 0 Å². The molecule has 0 bridgehead atoms. The van der Waals surface area contributed by atoms with Crippen LogP contribution in [0.2, 0.25) is 0 Å². The first-order valence-electron chi connectivity index (χ1n) is 8.46. The molecule has 4 heterocycles. The molecule has 0 saturated carbocycles. The van der Waals surface area contributed by atoms with Crippen LogP contribution in [0.1, 0.15) is 40.2 Å². The summed E-state index contributed by atoms with van der Waals surface area (Å²) in [6, 6.07) is -0.235. The van der Waals surface area contributed by atoms with Gasteiger partial charge in [0.25, 0.3) is 0 Å². The third kappa shape index (κ3) is 2.84. The lowest BCUT2D eigenvalue weighted by Crippen LogP contribution is -2.20. The molecule has 2 aromatic heterocycles. The molecule has 140 valence electrons. The van der Waals surface area contributed by atoms with Gasteiger partial charge in [-0.2, -0.15) is 10.2 Å². The van der Waals surface area contributed by atoms with Crippen molar-refractivity contribution in [3.05, 3.63) is 28.7 Å². The van der Waals surface area contributed by atoms with Crippen LogP contribution in [0.15, 0.2) is 6.20 Å². The van der Waals surface area contributed by atoms with Gasteiger partial charge in [-0.15, -0.1) is 11.8 Å². The lowest BCUT2D eigenvalue weighted by molar-refractivity contribution is -0.113. The maximum atomic E-state index is 12.3. The van der Waals surface area contributed by atoms with Gasteiger partial charge >= 0.3 is 0 Å². The Kier molecular flexibility index (Phi) is 4.14. The van der Waals surface area contributed by atoms with Gasteiger partial charge in [-0.05, 0) is 20.3 Å². The lowest BCUT2D eigenvalue weighted by atomic mass is 10.0. The van der Waals surface area contributed by atoms with E-state index in [4.69, 9.17) is 0 Å². The number of thioether (sulfide) groups is 1. The number of nitrogens with zero attached hydrogens (tertiary/aromatic N) is 4. The number of hydrogen-bond donors (Lipinski definition) is 1. The molecule has 0 aromatic carbocycles. The summed E-state index contributed by atoms with van der Waals surface area (Å²) in [4.78, 5) is 12.3. The summed E-state index contributed by atoms with van der Waals surface area (Å²) in [6.45, 7) is 3.92. The molecule has 10 heteroatoms. The van der Waals surface area contributed by atoms with Crippen LogP contribution >= 0.6 is 11.8 Å². The monoisotopic (exact) mass is 395 g/mol. The maximum absolute atomic E-state index is 12.3. The zero-order valence-corrected chi connectivity index (χ0v) is 16.5. The number of carbonyl (C=O) groups excluding carboxylic acids is 1. The molecule has 1 amide bonds. The normalized spacial score (nSPS) is 25.0. The minimum absolute atomic E-state index is 0.0654. The Hall–Kier alpha value is -1.81. The van der Waals surface area contributed by atoms with Gasteiger partial charge in [0.1, 0.15) is 5.82 Å². The third-order valence-electron chi connectivity index (χ3n) is 5.14. The first-order valence-corrected chi connectivity index (χ1v) is 11.3. The number of hydrogen-bond acceptors (Lipinski definition) is 6. The van der Waals surface area contributed by atoms with E-state index in [1.807, 2.05) is 31.8 Å². The first kappa shape index (κ1) is 17.6. The molecular formula is C16H21N5O3S2. The molecular weight excluding hydrogens is 374 g/mol. The highest BCUT2D eigenvalue weighted by atomic mass is 32.2. The Labute approximate surface area is 156 Å². The molecule has 1 fully saturated rings. The van der Waals surface area contributed by atoms with Crippen molar-refractivity contribution in [1.82, 2.24) is 19.6 Å². The number of aryl methyl sites for hydroxylation is 2. The van der Waals surface area contributed by atoms with E-state index in [9.17, 15) is 13.2 Å². The second kappa shape index (κ2) is 6.12. The number of sulfone groups is 1. The molecule has 1 saturated heterocycles. The van der Waals surface area contributed by atoms with Crippen molar-refractivity contribution in [2.75, 3.05) is 22.6 Å². The molecule has 2 atom stereocenters. The molecule has 0 aliphatic carbocycles. The molecule has 4 rings (SSSR count). The number of rotatable bonds is 2. The summed E-state index contributed by atoms with van der Waals surface area (Å²) in [5.41, 5.74) is 3.85. The smallest absolute Gasteiger partial charge is 0.235 e. The number of aromatic nitrogens is 4. The highest BCUT2D eigenvalue weighted by Gasteiger charge is 2.36. The highest BCUT2D eigenvalue weighted by molar-refractivity contribution is 8.00. The average molecular weight is 396 g/mol. The molecule has 2 aliphatic rings. The lowest BCUT2D eigenvalue weighted by Gasteiger charge is -2.16. The summed E-state index contributed by atoms with van der Waals surface area (Å²) in [6.07, 6.45) is 2.36.